The molecule has 0 bridgehead atoms. The van der Waals surface area contributed by atoms with Gasteiger partial charge in [0, 0.05) is 20.1 Å². The predicted octanol–water partition coefficient (Wildman–Crippen LogP) is 3.06. The van der Waals surface area contributed by atoms with Crippen molar-refractivity contribution in [2.24, 2.45) is 5.92 Å². The Hall–Kier alpha value is -1.39. The molecule has 0 aromatic carbocycles. The summed E-state index contributed by atoms with van der Waals surface area (Å²) in [6, 6.07) is 0. The van der Waals surface area contributed by atoms with Crippen molar-refractivity contribution >= 4 is 11.8 Å². The Bertz CT molecular complexity index is 404. The first-order valence-corrected chi connectivity index (χ1v) is 7.18. The van der Waals surface area contributed by atoms with Crippen LogP contribution in [-0.4, -0.2) is 30.1 Å². The first-order valence-electron chi connectivity index (χ1n) is 7.18. The van der Waals surface area contributed by atoms with Crippen LogP contribution in [0.3, 0.4) is 0 Å². The zero-order chi connectivity index (χ0) is 13.7. The lowest BCUT2D eigenvalue weighted by Crippen LogP contribution is -2.28. The monoisotopic (exact) mass is 266 g/mol. The van der Waals surface area contributed by atoms with Gasteiger partial charge in [0.15, 0.2) is 11.6 Å². The number of nitrogens with zero attached hydrogens (tertiary/aromatic N) is 3. The van der Waals surface area contributed by atoms with Gasteiger partial charge in [-0.2, -0.15) is 4.98 Å². The third kappa shape index (κ3) is 3.78. The average molecular weight is 266 g/mol. The van der Waals surface area contributed by atoms with E-state index in [-0.39, 0.29) is 5.82 Å². The van der Waals surface area contributed by atoms with Crippen molar-refractivity contribution in [1.29, 1.82) is 0 Å². The second-order valence-corrected chi connectivity index (χ2v) is 5.28. The topological polar surface area (TPSA) is 41.1 Å². The van der Waals surface area contributed by atoms with E-state index in [4.69, 9.17) is 0 Å². The normalized spacial score (nSPS) is 16.4. The van der Waals surface area contributed by atoms with E-state index < -0.39 is 0 Å². The summed E-state index contributed by atoms with van der Waals surface area (Å²) in [5, 5.41) is 3.02. The fourth-order valence-corrected chi connectivity index (χ4v) is 2.71. The maximum Gasteiger partial charge on any atom is 0.224 e. The fraction of sp³-hybridized carbons (Fsp3) is 0.714. The molecule has 1 fully saturated rings. The third-order valence-electron chi connectivity index (χ3n) is 3.68. The molecule has 4 nitrogen and oxygen atoms in total. The van der Waals surface area contributed by atoms with Crippen molar-refractivity contribution in [3.63, 3.8) is 0 Å². The summed E-state index contributed by atoms with van der Waals surface area (Å²) in [5.41, 5.74) is 0. The molecule has 1 heterocycles. The Morgan fingerprint density at radius 1 is 1.37 bits per heavy atom. The van der Waals surface area contributed by atoms with E-state index >= 15 is 0 Å². The number of anilines is 2. The van der Waals surface area contributed by atoms with Gasteiger partial charge in [-0.1, -0.05) is 19.3 Å². The van der Waals surface area contributed by atoms with Crippen molar-refractivity contribution in [3.8, 4) is 0 Å². The lowest BCUT2D eigenvalue weighted by Gasteiger charge is -2.27. The molecule has 1 saturated carbocycles. The minimum absolute atomic E-state index is 0.347. The zero-order valence-corrected chi connectivity index (χ0v) is 11.8. The van der Waals surface area contributed by atoms with Crippen LogP contribution in [0.2, 0.25) is 0 Å². The van der Waals surface area contributed by atoms with Gasteiger partial charge < -0.3 is 10.2 Å². The molecule has 2 rings (SSSR count). The lowest BCUT2D eigenvalue weighted by atomic mass is 9.89. The molecule has 0 amide bonds. The molecule has 1 aliphatic carbocycles. The molecule has 5 heteroatoms. The second-order valence-electron chi connectivity index (χ2n) is 5.28. The van der Waals surface area contributed by atoms with Gasteiger partial charge >= 0.3 is 0 Å². The highest BCUT2D eigenvalue weighted by Gasteiger charge is 2.18. The largest absolute Gasteiger partial charge is 0.357 e. The number of rotatable bonds is 5. The van der Waals surface area contributed by atoms with Gasteiger partial charge in [0.25, 0.3) is 0 Å². The highest BCUT2D eigenvalue weighted by molar-refractivity contribution is 5.43. The molecule has 1 N–H and O–H groups in total. The van der Waals surface area contributed by atoms with Gasteiger partial charge in [-0.3, -0.25) is 0 Å². The first kappa shape index (κ1) is 14.0. The van der Waals surface area contributed by atoms with Crippen molar-refractivity contribution in [2.75, 3.05) is 30.4 Å². The Labute approximate surface area is 114 Å². The Morgan fingerprint density at radius 2 is 2.11 bits per heavy atom. The van der Waals surface area contributed by atoms with Crippen LogP contribution in [0.5, 0.6) is 0 Å². The van der Waals surface area contributed by atoms with E-state index in [2.05, 4.69) is 15.3 Å². The Morgan fingerprint density at radius 3 is 2.79 bits per heavy atom. The van der Waals surface area contributed by atoms with E-state index in [1.165, 1.54) is 38.3 Å². The molecule has 0 aliphatic heterocycles. The summed E-state index contributed by atoms with van der Waals surface area (Å²) < 4.78 is 13.8. The van der Waals surface area contributed by atoms with Gasteiger partial charge in [0.05, 0.1) is 6.20 Å². The molecule has 0 atom stereocenters. The molecule has 0 radical (unpaired) electrons. The Balaban J connectivity index is 2.04. The number of aromatic nitrogens is 2. The second kappa shape index (κ2) is 6.68. The molecule has 106 valence electrons. The van der Waals surface area contributed by atoms with Gasteiger partial charge in [-0.25, -0.2) is 9.37 Å². The summed E-state index contributed by atoms with van der Waals surface area (Å²) in [5.74, 6) is 1.21. The number of hydrogen-bond donors (Lipinski definition) is 1. The van der Waals surface area contributed by atoms with E-state index in [1.54, 1.807) is 0 Å². The van der Waals surface area contributed by atoms with Crippen molar-refractivity contribution in [2.45, 2.75) is 39.0 Å². The maximum absolute atomic E-state index is 13.8. The van der Waals surface area contributed by atoms with Crippen LogP contribution >= 0.6 is 0 Å². The average Bonchev–Trinajstić information content (AvgIpc) is 2.42. The van der Waals surface area contributed by atoms with E-state index in [9.17, 15) is 4.39 Å². The summed E-state index contributed by atoms with van der Waals surface area (Å²) in [7, 11) is 1.91. The molecular weight excluding hydrogens is 243 g/mol. The quantitative estimate of drug-likeness (QED) is 0.889. The number of halogens is 1. The summed E-state index contributed by atoms with van der Waals surface area (Å²) >= 11 is 0. The minimum Gasteiger partial charge on any atom is -0.357 e. The van der Waals surface area contributed by atoms with Crippen LogP contribution in [0.25, 0.3) is 0 Å². The van der Waals surface area contributed by atoms with Crippen LogP contribution in [0, 0.1) is 11.7 Å². The summed E-state index contributed by atoms with van der Waals surface area (Å²) in [4.78, 5) is 10.1. The predicted molar refractivity (Wildman–Crippen MR) is 76.0 cm³/mol. The van der Waals surface area contributed by atoms with Crippen molar-refractivity contribution in [3.05, 3.63) is 12.0 Å². The molecule has 0 saturated heterocycles. The SMILES string of the molecule is CCNc1ncc(F)c(N(C)CC2CCCCC2)n1. The molecule has 0 unspecified atom stereocenters. The van der Waals surface area contributed by atoms with Crippen molar-refractivity contribution < 1.29 is 4.39 Å². The van der Waals surface area contributed by atoms with Crippen LogP contribution in [-0.2, 0) is 0 Å². The molecule has 19 heavy (non-hydrogen) atoms. The highest BCUT2D eigenvalue weighted by Crippen LogP contribution is 2.26. The molecular formula is C14H23FN4. The van der Waals surface area contributed by atoms with Crippen LogP contribution in [0.4, 0.5) is 16.2 Å². The number of hydrogen-bond acceptors (Lipinski definition) is 4. The maximum atomic E-state index is 13.8. The minimum atomic E-state index is -0.347. The third-order valence-corrected chi connectivity index (χ3v) is 3.68. The molecule has 1 aliphatic rings. The van der Waals surface area contributed by atoms with E-state index in [0.29, 0.717) is 17.7 Å². The lowest BCUT2D eigenvalue weighted by molar-refractivity contribution is 0.360. The van der Waals surface area contributed by atoms with E-state index in [0.717, 1.165) is 13.1 Å². The summed E-state index contributed by atoms with van der Waals surface area (Å²) in [6.45, 7) is 3.58. The van der Waals surface area contributed by atoms with Crippen LogP contribution in [0.1, 0.15) is 39.0 Å². The molecule has 1 aromatic rings. The summed E-state index contributed by atoms with van der Waals surface area (Å²) in [6.07, 6.45) is 7.68. The number of nitrogens with one attached hydrogen (secondary N) is 1. The van der Waals surface area contributed by atoms with Crippen LogP contribution < -0.4 is 10.2 Å². The van der Waals surface area contributed by atoms with Crippen molar-refractivity contribution in [1.82, 2.24) is 9.97 Å². The standard InChI is InChI=1S/C14H23FN4/c1-3-16-14-17-9-12(15)13(18-14)19(2)10-11-7-5-4-6-8-11/h9,11H,3-8,10H2,1-2H3,(H,16,17,18). The van der Waals surface area contributed by atoms with Gasteiger partial charge in [-0.15, -0.1) is 0 Å². The van der Waals surface area contributed by atoms with Crippen LogP contribution in [0.15, 0.2) is 6.20 Å². The van der Waals surface area contributed by atoms with E-state index in [1.807, 2.05) is 18.9 Å². The van der Waals surface area contributed by atoms with Gasteiger partial charge in [-0.05, 0) is 25.7 Å². The highest BCUT2D eigenvalue weighted by atomic mass is 19.1. The fourth-order valence-electron chi connectivity index (χ4n) is 2.71. The smallest absolute Gasteiger partial charge is 0.224 e. The zero-order valence-electron chi connectivity index (χ0n) is 11.8. The first-order chi connectivity index (χ1) is 9.20. The molecule has 0 spiro atoms. The van der Waals surface area contributed by atoms with Gasteiger partial charge in [0.2, 0.25) is 5.95 Å². The van der Waals surface area contributed by atoms with Gasteiger partial charge in [0.1, 0.15) is 0 Å². The Kier molecular flexibility index (Phi) is 4.93. The molecule has 1 aromatic heterocycles.